The van der Waals surface area contributed by atoms with E-state index in [-0.39, 0.29) is 12.1 Å². The van der Waals surface area contributed by atoms with Crippen molar-refractivity contribution < 1.29 is 14.4 Å². The molecule has 1 aromatic heterocycles. The van der Waals surface area contributed by atoms with Gasteiger partial charge in [0.2, 0.25) is 0 Å². The monoisotopic (exact) mass is 282 g/mol. The van der Waals surface area contributed by atoms with Crippen molar-refractivity contribution in [3.63, 3.8) is 0 Å². The minimum atomic E-state index is -0.380. The van der Waals surface area contributed by atoms with E-state index in [0.29, 0.717) is 5.56 Å². The van der Waals surface area contributed by atoms with Gasteiger partial charge in [-0.2, -0.15) is 0 Å². The van der Waals surface area contributed by atoms with Crippen LogP contribution in [-0.4, -0.2) is 18.1 Å². The Balaban J connectivity index is 1.94. The highest BCUT2D eigenvalue weighted by molar-refractivity contribution is 5.95. The first-order valence-corrected chi connectivity index (χ1v) is 6.51. The van der Waals surface area contributed by atoms with Crippen LogP contribution in [-0.2, 0) is 9.57 Å². The summed E-state index contributed by atoms with van der Waals surface area (Å²) in [6, 6.07) is 12.9. The lowest BCUT2D eigenvalue weighted by molar-refractivity contribution is 0.0485. The molecule has 1 aromatic carbocycles. The van der Waals surface area contributed by atoms with Gasteiger partial charge in [0.25, 0.3) is 0 Å². The fourth-order valence-corrected chi connectivity index (χ4v) is 2.19. The van der Waals surface area contributed by atoms with Crippen molar-refractivity contribution in [1.29, 1.82) is 0 Å². The highest BCUT2D eigenvalue weighted by Gasteiger charge is 2.23. The lowest BCUT2D eigenvalue weighted by Gasteiger charge is -2.08. The van der Waals surface area contributed by atoms with Crippen LogP contribution in [0.1, 0.15) is 27.7 Å². The van der Waals surface area contributed by atoms with Gasteiger partial charge in [-0.25, -0.2) is 4.79 Å². The Morgan fingerprint density at radius 1 is 1.24 bits per heavy atom. The van der Waals surface area contributed by atoms with Crippen molar-refractivity contribution in [2.24, 2.45) is 0 Å². The molecule has 1 N–H and O–H groups in total. The van der Waals surface area contributed by atoms with E-state index in [4.69, 9.17) is 9.57 Å². The number of hydrogen-bond acceptors (Lipinski definition) is 5. The number of methoxy groups -OCH3 is 1. The van der Waals surface area contributed by atoms with Crippen LogP contribution >= 0.6 is 0 Å². The van der Waals surface area contributed by atoms with Crippen LogP contribution in [0.4, 0.5) is 0 Å². The number of ether oxygens (including phenoxy) is 1. The van der Waals surface area contributed by atoms with E-state index in [0.717, 1.165) is 17.0 Å². The minimum absolute atomic E-state index is 0.285. The van der Waals surface area contributed by atoms with Crippen LogP contribution in [0.5, 0.6) is 0 Å². The minimum Gasteiger partial charge on any atom is -0.465 e. The standard InChI is InChI=1S/C16H14N2O3/c1-20-16(19)12-7-3-2-6-11(12)14-10-15(21-18-14)13-8-4-5-9-17-13/h2-10,15,18H,1H3. The van der Waals surface area contributed by atoms with E-state index in [9.17, 15) is 4.79 Å². The van der Waals surface area contributed by atoms with Gasteiger partial charge >= 0.3 is 5.97 Å². The van der Waals surface area contributed by atoms with Crippen LogP contribution in [0.3, 0.4) is 0 Å². The first-order chi connectivity index (χ1) is 10.3. The number of hydroxylamine groups is 1. The van der Waals surface area contributed by atoms with E-state index < -0.39 is 0 Å². The highest BCUT2D eigenvalue weighted by atomic mass is 16.7. The molecule has 0 saturated heterocycles. The summed E-state index contributed by atoms with van der Waals surface area (Å²) in [5, 5.41) is 0. The third kappa shape index (κ3) is 2.64. The SMILES string of the molecule is COC(=O)c1ccccc1C1=CC(c2ccccn2)ON1. The number of aromatic nitrogens is 1. The van der Waals surface area contributed by atoms with Crippen LogP contribution in [0.25, 0.3) is 5.70 Å². The lowest BCUT2D eigenvalue weighted by Crippen LogP contribution is -2.11. The van der Waals surface area contributed by atoms with Gasteiger partial charge in [-0.1, -0.05) is 24.3 Å². The molecule has 2 heterocycles. The molecule has 5 nitrogen and oxygen atoms in total. The Morgan fingerprint density at radius 2 is 2.05 bits per heavy atom. The van der Waals surface area contributed by atoms with E-state index in [1.165, 1.54) is 7.11 Å². The average molecular weight is 282 g/mol. The Hall–Kier alpha value is -2.66. The van der Waals surface area contributed by atoms with Crippen molar-refractivity contribution in [3.8, 4) is 0 Å². The summed E-state index contributed by atoms with van der Waals surface area (Å²) in [4.78, 5) is 21.6. The number of pyridine rings is 1. The smallest absolute Gasteiger partial charge is 0.338 e. The Bertz CT molecular complexity index is 683. The van der Waals surface area contributed by atoms with Crippen molar-refractivity contribution in [3.05, 3.63) is 71.6 Å². The number of nitrogens with zero attached hydrogens (tertiary/aromatic N) is 1. The molecule has 0 spiro atoms. The average Bonchev–Trinajstić information content (AvgIpc) is 3.05. The van der Waals surface area contributed by atoms with Gasteiger partial charge in [-0.05, 0) is 24.3 Å². The fraction of sp³-hybridized carbons (Fsp3) is 0.125. The second-order valence-corrected chi connectivity index (χ2v) is 4.51. The number of benzene rings is 1. The molecule has 0 fully saturated rings. The molecule has 21 heavy (non-hydrogen) atoms. The first-order valence-electron chi connectivity index (χ1n) is 6.51. The summed E-state index contributed by atoms with van der Waals surface area (Å²) in [6.07, 6.45) is 3.32. The summed E-state index contributed by atoms with van der Waals surface area (Å²) in [7, 11) is 1.36. The van der Waals surface area contributed by atoms with E-state index >= 15 is 0 Å². The van der Waals surface area contributed by atoms with Crippen molar-refractivity contribution in [1.82, 2.24) is 10.5 Å². The van der Waals surface area contributed by atoms with Crippen molar-refractivity contribution in [2.75, 3.05) is 7.11 Å². The van der Waals surface area contributed by atoms with Crippen molar-refractivity contribution >= 4 is 11.7 Å². The van der Waals surface area contributed by atoms with Crippen molar-refractivity contribution in [2.45, 2.75) is 6.10 Å². The van der Waals surface area contributed by atoms with Gasteiger partial charge in [-0.3, -0.25) is 15.3 Å². The number of nitrogens with one attached hydrogen (secondary N) is 1. The maximum Gasteiger partial charge on any atom is 0.338 e. The third-order valence-corrected chi connectivity index (χ3v) is 3.22. The number of carbonyl (C=O) groups excluding carboxylic acids is 1. The van der Waals surface area contributed by atoms with Gasteiger partial charge in [0.05, 0.1) is 24.1 Å². The number of hydrogen-bond donors (Lipinski definition) is 1. The molecule has 0 aliphatic carbocycles. The van der Waals surface area contributed by atoms with E-state index in [2.05, 4.69) is 10.5 Å². The Morgan fingerprint density at radius 3 is 2.81 bits per heavy atom. The van der Waals surface area contributed by atoms with Gasteiger partial charge in [0.1, 0.15) is 6.10 Å². The molecule has 0 saturated carbocycles. The summed E-state index contributed by atoms with van der Waals surface area (Å²) in [6.45, 7) is 0. The highest BCUT2D eigenvalue weighted by Crippen LogP contribution is 2.29. The van der Waals surface area contributed by atoms with Gasteiger partial charge < -0.3 is 4.74 Å². The molecule has 5 heteroatoms. The first kappa shape index (κ1) is 13.3. The molecule has 3 rings (SSSR count). The Kier molecular flexibility index (Phi) is 3.66. The predicted octanol–water partition coefficient (Wildman–Crippen LogP) is 2.49. The molecule has 1 atom stereocenters. The quantitative estimate of drug-likeness (QED) is 0.876. The molecule has 1 unspecified atom stereocenters. The lowest BCUT2D eigenvalue weighted by atomic mass is 10.0. The molecule has 2 aromatic rings. The molecule has 106 valence electrons. The van der Waals surface area contributed by atoms with Gasteiger partial charge in [0.15, 0.2) is 0 Å². The molecule has 1 aliphatic rings. The second-order valence-electron chi connectivity index (χ2n) is 4.51. The van der Waals surface area contributed by atoms with Crippen LogP contribution < -0.4 is 5.48 Å². The maximum atomic E-state index is 11.8. The molecule has 0 radical (unpaired) electrons. The zero-order valence-electron chi connectivity index (χ0n) is 11.4. The molecular formula is C16H14N2O3. The van der Waals surface area contributed by atoms with Crippen LogP contribution in [0, 0.1) is 0 Å². The normalized spacial score (nSPS) is 17.0. The summed E-state index contributed by atoms with van der Waals surface area (Å²) >= 11 is 0. The summed E-state index contributed by atoms with van der Waals surface area (Å²) in [5.41, 5.74) is 5.61. The van der Waals surface area contributed by atoms with E-state index in [1.54, 1.807) is 18.3 Å². The number of carbonyl (C=O) groups is 1. The molecule has 1 aliphatic heterocycles. The topological polar surface area (TPSA) is 60.5 Å². The van der Waals surface area contributed by atoms with Crippen LogP contribution in [0.15, 0.2) is 54.7 Å². The number of esters is 1. The fourth-order valence-electron chi connectivity index (χ4n) is 2.19. The summed E-state index contributed by atoms with van der Waals surface area (Å²) < 4.78 is 4.80. The maximum absolute atomic E-state index is 11.8. The molecular weight excluding hydrogens is 268 g/mol. The van der Waals surface area contributed by atoms with Crippen LogP contribution in [0.2, 0.25) is 0 Å². The zero-order valence-corrected chi connectivity index (χ0v) is 11.4. The van der Waals surface area contributed by atoms with Gasteiger partial charge in [0, 0.05) is 11.8 Å². The number of rotatable bonds is 3. The van der Waals surface area contributed by atoms with E-state index in [1.807, 2.05) is 36.4 Å². The Labute approximate surface area is 122 Å². The largest absolute Gasteiger partial charge is 0.465 e. The molecule has 0 amide bonds. The predicted molar refractivity (Wildman–Crippen MR) is 77.0 cm³/mol. The second kappa shape index (κ2) is 5.76. The zero-order chi connectivity index (χ0) is 14.7. The summed E-state index contributed by atoms with van der Waals surface area (Å²) in [5.74, 6) is -0.380. The van der Waals surface area contributed by atoms with Gasteiger partial charge in [-0.15, -0.1) is 0 Å². The third-order valence-electron chi connectivity index (χ3n) is 3.22. The molecule has 0 bridgehead atoms.